The second kappa shape index (κ2) is 11.0. The highest BCUT2D eigenvalue weighted by atomic mass is 16.5. The van der Waals surface area contributed by atoms with Crippen LogP contribution in [0.4, 0.5) is 0 Å². The molecular formula is C23H35N5O. The van der Waals surface area contributed by atoms with Crippen molar-refractivity contribution in [1.82, 2.24) is 19.8 Å². The quantitative estimate of drug-likeness (QED) is 0.519. The summed E-state index contributed by atoms with van der Waals surface area (Å²) in [5.41, 5.74) is 1.23. The van der Waals surface area contributed by atoms with Crippen molar-refractivity contribution in [3.63, 3.8) is 0 Å². The molecule has 0 amide bonds. The van der Waals surface area contributed by atoms with Crippen molar-refractivity contribution in [2.24, 2.45) is 16.8 Å². The lowest BCUT2D eigenvalue weighted by atomic mass is 10.1. The number of hydrogen-bond acceptors (Lipinski definition) is 3. The minimum Gasteiger partial charge on any atom is -0.376 e. The highest BCUT2D eigenvalue weighted by Gasteiger charge is 2.25. The number of aliphatic imine (C=N–C) groups is 1. The summed E-state index contributed by atoms with van der Waals surface area (Å²) in [6.07, 6.45) is 5.06. The molecule has 6 heteroatoms. The van der Waals surface area contributed by atoms with E-state index in [1.165, 1.54) is 5.56 Å². The van der Waals surface area contributed by atoms with Crippen LogP contribution < -0.4 is 5.32 Å². The Morgan fingerprint density at radius 3 is 2.90 bits per heavy atom. The molecule has 2 aromatic rings. The number of likely N-dealkylation sites (tertiary alicyclic amines) is 1. The smallest absolute Gasteiger partial charge is 0.194 e. The van der Waals surface area contributed by atoms with Gasteiger partial charge in [0.05, 0.1) is 13.2 Å². The monoisotopic (exact) mass is 397 g/mol. The van der Waals surface area contributed by atoms with Gasteiger partial charge in [0, 0.05) is 44.5 Å². The van der Waals surface area contributed by atoms with E-state index in [9.17, 15) is 0 Å². The van der Waals surface area contributed by atoms with Crippen LogP contribution in [-0.4, -0.2) is 46.7 Å². The molecule has 158 valence electrons. The normalized spacial score (nSPS) is 17.3. The fourth-order valence-corrected chi connectivity index (χ4v) is 3.70. The highest BCUT2D eigenvalue weighted by molar-refractivity contribution is 5.80. The van der Waals surface area contributed by atoms with Crippen LogP contribution in [-0.2, 0) is 24.4 Å². The van der Waals surface area contributed by atoms with Crippen LogP contribution in [0, 0.1) is 11.8 Å². The van der Waals surface area contributed by atoms with Gasteiger partial charge in [-0.2, -0.15) is 0 Å². The maximum absolute atomic E-state index is 5.96. The molecule has 2 heterocycles. The van der Waals surface area contributed by atoms with E-state index in [0.717, 1.165) is 51.0 Å². The zero-order valence-corrected chi connectivity index (χ0v) is 18.1. The van der Waals surface area contributed by atoms with Gasteiger partial charge in [0.2, 0.25) is 0 Å². The van der Waals surface area contributed by atoms with Crippen molar-refractivity contribution in [1.29, 1.82) is 0 Å². The molecule has 1 aromatic carbocycles. The molecule has 1 aliphatic heterocycles. The number of imidazole rings is 1. The standard InChI is InChI=1S/C23H35N5O/c1-4-24-23(26-14-22-25-11-13-27(22)15-19(2)3)28-12-10-21(16-28)18-29-17-20-8-6-5-7-9-20/h5-9,11,13,19,21H,4,10,12,14-18H2,1-3H3,(H,24,26). The van der Waals surface area contributed by atoms with Gasteiger partial charge < -0.3 is 19.5 Å². The minimum absolute atomic E-state index is 0.547. The number of benzene rings is 1. The number of nitrogens with one attached hydrogen (secondary N) is 1. The predicted octanol–water partition coefficient (Wildman–Crippen LogP) is 3.54. The maximum Gasteiger partial charge on any atom is 0.194 e. The first-order valence-electron chi connectivity index (χ1n) is 10.8. The average molecular weight is 398 g/mol. The molecule has 0 saturated carbocycles. The average Bonchev–Trinajstić information content (AvgIpc) is 3.35. The lowest BCUT2D eigenvalue weighted by molar-refractivity contribution is 0.0906. The molecule has 0 radical (unpaired) electrons. The minimum atomic E-state index is 0.547. The van der Waals surface area contributed by atoms with E-state index in [-0.39, 0.29) is 0 Å². The zero-order chi connectivity index (χ0) is 20.5. The van der Waals surface area contributed by atoms with E-state index in [1.807, 2.05) is 18.5 Å². The molecule has 1 fully saturated rings. The van der Waals surface area contributed by atoms with Crippen molar-refractivity contribution >= 4 is 5.96 Å². The topological polar surface area (TPSA) is 54.7 Å². The van der Waals surface area contributed by atoms with Crippen molar-refractivity contribution in [3.8, 4) is 0 Å². The van der Waals surface area contributed by atoms with Crippen molar-refractivity contribution in [2.75, 3.05) is 26.2 Å². The molecule has 1 N–H and O–H groups in total. The second-order valence-corrected chi connectivity index (χ2v) is 8.16. The van der Waals surface area contributed by atoms with Crippen LogP contribution in [0.5, 0.6) is 0 Å². The van der Waals surface area contributed by atoms with Gasteiger partial charge in [0.1, 0.15) is 12.4 Å². The third-order valence-electron chi connectivity index (χ3n) is 5.12. The Bertz CT molecular complexity index is 756. The lowest BCUT2D eigenvalue weighted by Crippen LogP contribution is -2.40. The van der Waals surface area contributed by atoms with Gasteiger partial charge in [-0.05, 0) is 24.8 Å². The maximum atomic E-state index is 5.96. The molecule has 1 saturated heterocycles. The molecule has 1 atom stereocenters. The van der Waals surface area contributed by atoms with Crippen LogP contribution in [0.3, 0.4) is 0 Å². The number of rotatable bonds is 9. The van der Waals surface area contributed by atoms with Gasteiger partial charge in [0.25, 0.3) is 0 Å². The summed E-state index contributed by atoms with van der Waals surface area (Å²) >= 11 is 0. The summed E-state index contributed by atoms with van der Waals surface area (Å²) < 4.78 is 8.17. The van der Waals surface area contributed by atoms with Crippen molar-refractivity contribution in [2.45, 2.75) is 46.9 Å². The molecular weight excluding hydrogens is 362 g/mol. The predicted molar refractivity (Wildman–Crippen MR) is 118 cm³/mol. The molecule has 1 aromatic heterocycles. The third kappa shape index (κ3) is 6.60. The summed E-state index contributed by atoms with van der Waals surface area (Å²) in [6.45, 7) is 12.5. The van der Waals surface area contributed by atoms with Gasteiger partial charge in [-0.15, -0.1) is 0 Å². The zero-order valence-electron chi connectivity index (χ0n) is 18.1. The SMILES string of the molecule is CCNC(=NCc1nccn1CC(C)C)N1CCC(COCc2ccccc2)C1. The van der Waals surface area contributed by atoms with E-state index in [0.29, 0.717) is 25.0 Å². The summed E-state index contributed by atoms with van der Waals surface area (Å²) in [5.74, 6) is 3.15. The van der Waals surface area contributed by atoms with E-state index >= 15 is 0 Å². The molecule has 0 bridgehead atoms. The first-order chi connectivity index (χ1) is 14.2. The number of hydrogen-bond donors (Lipinski definition) is 1. The molecule has 29 heavy (non-hydrogen) atoms. The number of aromatic nitrogens is 2. The molecule has 0 aliphatic carbocycles. The van der Waals surface area contributed by atoms with E-state index in [1.54, 1.807) is 0 Å². The second-order valence-electron chi connectivity index (χ2n) is 8.16. The summed E-state index contributed by atoms with van der Waals surface area (Å²) in [4.78, 5) is 11.7. The molecule has 1 unspecified atom stereocenters. The van der Waals surface area contributed by atoms with Gasteiger partial charge in [0.15, 0.2) is 5.96 Å². The summed E-state index contributed by atoms with van der Waals surface area (Å²) in [6, 6.07) is 10.4. The van der Waals surface area contributed by atoms with Gasteiger partial charge in [-0.3, -0.25) is 0 Å². The summed E-state index contributed by atoms with van der Waals surface area (Å²) in [7, 11) is 0. The lowest BCUT2D eigenvalue weighted by Gasteiger charge is -2.22. The third-order valence-corrected chi connectivity index (χ3v) is 5.12. The van der Waals surface area contributed by atoms with E-state index in [4.69, 9.17) is 9.73 Å². The van der Waals surface area contributed by atoms with Gasteiger partial charge >= 0.3 is 0 Å². The summed E-state index contributed by atoms with van der Waals surface area (Å²) in [5, 5.41) is 3.45. The Kier molecular flexibility index (Phi) is 8.11. The molecule has 0 spiro atoms. The van der Waals surface area contributed by atoms with Crippen LogP contribution in [0.1, 0.15) is 38.6 Å². The first-order valence-corrected chi connectivity index (χ1v) is 10.8. The Morgan fingerprint density at radius 2 is 2.14 bits per heavy atom. The fraction of sp³-hybridized carbons (Fsp3) is 0.565. The van der Waals surface area contributed by atoms with Crippen LogP contribution in [0.25, 0.3) is 0 Å². The Balaban J connectivity index is 1.51. The van der Waals surface area contributed by atoms with Crippen LogP contribution in [0.2, 0.25) is 0 Å². The number of guanidine groups is 1. The Hall–Kier alpha value is -2.34. The Labute approximate surface area is 175 Å². The number of ether oxygens (including phenoxy) is 1. The molecule has 1 aliphatic rings. The van der Waals surface area contributed by atoms with Crippen molar-refractivity contribution in [3.05, 3.63) is 54.1 Å². The van der Waals surface area contributed by atoms with Gasteiger partial charge in [-0.25, -0.2) is 9.98 Å². The highest BCUT2D eigenvalue weighted by Crippen LogP contribution is 2.18. The number of nitrogens with zero attached hydrogens (tertiary/aromatic N) is 4. The first kappa shape index (κ1) is 21.4. The van der Waals surface area contributed by atoms with Crippen molar-refractivity contribution < 1.29 is 4.74 Å². The fourth-order valence-electron chi connectivity index (χ4n) is 3.70. The van der Waals surface area contributed by atoms with Crippen LogP contribution in [0.15, 0.2) is 47.7 Å². The largest absolute Gasteiger partial charge is 0.376 e. The van der Waals surface area contributed by atoms with E-state index < -0.39 is 0 Å². The molecule has 6 nitrogen and oxygen atoms in total. The van der Waals surface area contributed by atoms with E-state index in [2.05, 4.69) is 64.8 Å². The Morgan fingerprint density at radius 1 is 1.31 bits per heavy atom. The van der Waals surface area contributed by atoms with Crippen LogP contribution >= 0.6 is 0 Å². The van der Waals surface area contributed by atoms with Gasteiger partial charge in [-0.1, -0.05) is 44.2 Å². The molecule has 3 rings (SSSR count).